The fourth-order valence-electron chi connectivity index (χ4n) is 2.09. The molecule has 118 valence electrons. The van der Waals surface area contributed by atoms with Crippen molar-refractivity contribution in [1.82, 2.24) is 4.90 Å². The topological polar surface area (TPSA) is 102 Å². The average molecular weight is 295 g/mol. The Morgan fingerprint density at radius 2 is 2.00 bits per heavy atom. The normalized spacial score (nSPS) is 12.6. The maximum Gasteiger partial charge on any atom is 0.231 e. The van der Waals surface area contributed by atoms with Gasteiger partial charge in [-0.3, -0.25) is 9.69 Å². The summed E-state index contributed by atoms with van der Waals surface area (Å²) in [5.41, 5.74) is 11.5. The van der Waals surface area contributed by atoms with E-state index in [4.69, 9.17) is 16.2 Å². The summed E-state index contributed by atoms with van der Waals surface area (Å²) in [4.78, 5) is 12.9. The molecule has 0 heterocycles. The lowest BCUT2D eigenvalue weighted by Crippen LogP contribution is -2.42. The van der Waals surface area contributed by atoms with Crippen molar-refractivity contribution in [3.05, 3.63) is 24.3 Å². The minimum Gasteiger partial charge on any atom is -0.489 e. The second-order valence-corrected chi connectivity index (χ2v) is 5.56. The zero-order valence-electron chi connectivity index (χ0n) is 12.7. The van der Waals surface area contributed by atoms with Gasteiger partial charge in [-0.1, -0.05) is 26.0 Å². The summed E-state index contributed by atoms with van der Waals surface area (Å²) in [5.74, 6) is 0.514. The Morgan fingerprint density at radius 1 is 1.33 bits per heavy atom. The van der Waals surface area contributed by atoms with Gasteiger partial charge in [0.2, 0.25) is 5.91 Å². The lowest BCUT2D eigenvalue weighted by atomic mass is 10.2. The highest BCUT2D eigenvalue weighted by atomic mass is 16.5. The second kappa shape index (κ2) is 8.49. The van der Waals surface area contributed by atoms with Crippen LogP contribution in [0.15, 0.2) is 24.3 Å². The molecule has 1 aromatic rings. The number of nitrogens with two attached hydrogens (primary N) is 2. The summed E-state index contributed by atoms with van der Waals surface area (Å²) < 4.78 is 5.49. The Labute approximate surface area is 125 Å². The number of aliphatic hydroxyl groups excluding tert-OH is 1. The van der Waals surface area contributed by atoms with Crippen LogP contribution in [-0.4, -0.2) is 48.3 Å². The van der Waals surface area contributed by atoms with Gasteiger partial charge in [-0.2, -0.15) is 0 Å². The van der Waals surface area contributed by atoms with Crippen molar-refractivity contribution in [2.24, 2.45) is 11.7 Å². The minimum atomic E-state index is -0.720. The van der Waals surface area contributed by atoms with E-state index in [1.807, 2.05) is 30.9 Å². The molecule has 21 heavy (non-hydrogen) atoms. The molecule has 0 fully saturated rings. The van der Waals surface area contributed by atoms with Crippen molar-refractivity contribution in [1.29, 1.82) is 0 Å². The molecule has 0 spiro atoms. The third-order valence-electron chi connectivity index (χ3n) is 2.82. The van der Waals surface area contributed by atoms with E-state index in [2.05, 4.69) is 0 Å². The Morgan fingerprint density at radius 3 is 2.57 bits per heavy atom. The summed E-state index contributed by atoms with van der Waals surface area (Å²) in [6.07, 6.45) is -0.720. The lowest BCUT2D eigenvalue weighted by molar-refractivity contribution is -0.119. The van der Waals surface area contributed by atoms with Crippen molar-refractivity contribution in [3.8, 4) is 5.75 Å². The molecule has 6 heteroatoms. The van der Waals surface area contributed by atoms with Crippen LogP contribution in [0.25, 0.3) is 0 Å². The summed E-state index contributed by atoms with van der Waals surface area (Å²) in [6, 6.07) is 7.11. The van der Waals surface area contributed by atoms with Gasteiger partial charge in [0.15, 0.2) is 0 Å². The van der Waals surface area contributed by atoms with Crippen LogP contribution in [0.3, 0.4) is 0 Å². The van der Waals surface area contributed by atoms with Gasteiger partial charge in [0, 0.05) is 13.1 Å². The molecule has 0 radical (unpaired) electrons. The zero-order valence-corrected chi connectivity index (χ0v) is 12.7. The standard InChI is InChI=1S/C15H25N3O3/c1-11(2)7-18(9-15(17)20)8-12(19)10-21-14-6-4-3-5-13(14)16/h3-6,11-12,19H,7-10,16H2,1-2H3,(H2,17,20). The third-order valence-corrected chi connectivity index (χ3v) is 2.82. The van der Waals surface area contributed by atoms with Crippen LogP contribution in [0.1, 0.15) is 13.8 Å². The molecule has 0 aliphatic heterocycles. The molecule has 0 bridgehead atoms. The van der Waals surface area contributed by atoms with E-state index in [1.54, 1.807) is 12.1 Å². The first-order valence-corrected chi connectivity index (χ1v) is 7.04. The van der Waals surface area contributed by atoms with Crippen LogP contribution in [0.4, 0.5) is 5.69 Å². The fourth-order valence-corrected chi connectivity index (χ4v) is 2.09. The van der Waals surface area contributed by atoms with Crippen molar-refractivity contribution in [3.63, 3.8) is 0 Å². The number of nitrogen functional groups attached to an aromatic ring is 1. The first-order valence-electron chi connectivity index (χ1n) is 7.04. The molecule has 0 saturated heterocycles. The number of ether oxygens (including phenoxy) is 1. The highest BCUT2D eigenvalue weighted by Crippen LogP contribution is 2.19. The van der Waals surface area contributed by atoms with Crippen LogP contribution in [0.2, 0.25) is 0 Å². The summed E-state index contributed by atoms with van der Waals surface area (Å²) in [5, 5.41) is 10.0. The van der Waals surface area contributed by atoms with E-state index < -0.39 is 12.0 Å². The van der Waals surface area contributed by atoms with Gasteiger partial charge < -0.3 is 21.3 Å². The Hall–Kier alpha value is -1.79. The fraction of sp³-hybridized carbons (Fsp3) is 0.533. The maximum absolute atomic E-state index is 11.0. The lowest BCUT2D eigenvalue weighted by Gasteiger charge is -2.25. The van der Waals surface area contributed by atoms with Crippen LogP contribution >= 0.6 is 0 Å². The Bertz CT molecular complexity index is 452. The van der Waals surface area contributed by atoms with Gasteiger partial charge in [-0.05, 0) is 18.1 Å². The number of anilines is 1. The molecular formula is C15H25N3O3. The van der Waals surface area contributed by atoms with Gasteiger partial charge in [-0.25, -0.2) is 0 Å². The quantitative estimate of drug-likeness (QED) is 0.574. The SMILES string of the molecule is CC(C)CN(CC(N)=O)CC(O)COc1ccccc1N. The first kappa shape index (κ1) is 17.3. The zero-order chi connectivity index (χ0) is 15.8. The van der Waals surface area contributed by atoms with Crippen LogP contribution in [0.5, 0.6) is 5.75 Å². The van der Waals surface area contributed by atoms with Crippen LogP contribution in [0, 0.1) is 5.92 Å². The van der Waals surface area contributed by atoms with Crippen LogP contribution in [-0.2, 0) is 4.79 Å². The Balaban J connectivity index is 2.47. The molecule has 0 saturated carbocycles. The minimum absolute atomic E-state index is 0.113. The predicted octanol–water partition coefficient (Wildman–Crippen LogP) is 0.452. The molecule has 0 aliphatic rings. The molecule has 1 atom stereocenters. The molecule has 1 unspecified atom stereocenters. The second-order valence-electron chi connectivity index (χ2n) is 5.56. The molecular weight excluding hydrogens is 270 g/mol. The maximum atomic E-state index is 11.0. The van der Waals surface area contributed by atoms with Gasteiger partial charge in [-0.15, -0.1) is 0 Å². The number of aliphatic hydroxyl groups is 1. The molecule has 1 rings (SSSR count). The van der Waals surface area contributed by atoms with E-state index >= 15 is 0 Å². The van der Waals surface area contributed by atoms with Gasteiger partial charge in [0.1, 0.15) is 18.5 Å². The van der Waals surface area contributed by atoms with Gasteiger partial charge >= 0.3 is 0 Å². The number of nitrogens with zero attached hydrogens (tertiary/aromatic N) is 1. The third kappa shape index (κ3) is 6.97. The summed E-state index contributed by atoms with van der Waals surface area (Å²) in [6.45, 7) is 5.34. The number of hydrogen-bond acceptors (Lipinski definition) is 5. The van der Waals surface area contributed by atoms with Gasteiger partial charge in [0.25, 0.3) is 0 Å². The average Bonchev–Trinajstić information content (AvgIpc) is 2.36. The summed E-state index contributed by atoms with van der Waals surface area (Å²) in [7, 11) is 0. The number of hydrogen-bond donors (Lipinski definition) is 3. The highest BCUT2D eigenvalue weighted by Gasteiger charge is 2.16. The highest BCUT2D eigenvalue weighted by molar-refractivity contribution is 5.75. The monoisotopic (exact) mass is 295 g/mol. The van der Waals surface area contributed by atoms with E-state index in [1.165, 1.54) is 0 Å². The number of carbonyl (C=O) groups excluding carboxylic acids is 1. The number of para-hydroxylation sites is 2. The Kier molecular flexibility index (Phi) is 6.98. The number of rotatable bonds is 9. The van der Waals surface area contributed by atoms with Crippen LogP contribution < -0.4 is 16.2 Å². The van der Waals surface area contributed by atoms with E-state index in [0.29, 0.717) is 30.4 Å². The smallest absolute Gasteiger partial charge is 0.231 e. The first-order chi connectivity index (χ1) is 9.88. The van der Waals surface area contributed by atoms with E-state index in [-0.39, 0.29) is 13.2 Å². The van der Waals surface area contributed by atoms with Crippen molar-refractivity contribution in [2.45, 2.75) is 20.0 Å². The number of carbonyl (C=O) groups is 1. The van der Waals surface area contributed by atoms with E-state index in [0.717, 1.165) is 0 Å². The van der Waals surface area contributed by atoms with E-state index in [9.17, 15) is 9.90 Å². The number of benzene rings is 1. The van der Waals surface area contributed by atoms with Gasteiger partial charge in [0.05, 0.1) is 12.2 Å². The van der Waals surface area contributed by atoms with Crippen molar-refractivity contribution in [2.75, 3.05) is 32.0 Å². The number of amides is 1. The molecule has 6 nitrogen and oxygen atoms in total. The predicted molar refractivity (Wildman–Crippen MR) is 82.8 cm³/mol. The molecule has 1 amide bonds. The molecule has 0 aliphatic carbocycles. The number of primary amides is 1. The largest absolute Gasteiger partial charge is 0.489 e. The molecule has 0 aromatic heterocycles. The molecule has 5 N–H and O–H groups in total. The van der Waals surface area contributed by atoms with Crippen molar-refractivity contribution >= 4 is 11.6 Å². The van der Waals surface area contributed by atoms with Crippen molar-refractivity contribution < 1.29 is 14.6 Å². The summed E-state index contributed by atoms with van der Waals surface area (Å²) >= 11 is 0. The molecule has 1 aromatic carbocycles.